The van der Waals surface area contributed by atoms with E-state index in [2.05, 4.69) is 22.6 Å². The zero-order chi connectivity index (χ0) is 25.6. The number of ether oxygens (including phenoxy) is 1. The van der Waals surface area contributed by atoms with Crippen LogP contribution in [0.15, 0.2) is 37.1 Å². The minimum Gasteiger partial charge on any atom is -0.494 e. The van der Waals surface area contributed by atoms with Crippen molar-refractivity contribution in [1.82, 2.24) is 14.9 Å². The lowest BCUT2D eigenvalue weighted by Crippen LogP contribution is -2.48. The fourth-order valence-corrected chi connectivity index (χ4v) is 5.67. The molecular weight excluding hydrogens is 503 g/mol. The van der Waals surface area contributed by atoms with Crippen molar-refractivity contribution in [3.63, 3.8) is 0 Å². The first-order valence-corrected chi connectivity index (χ1v) is 12.2. The molecule has 8 nitrogen and oxygen atoms in total. The number of pyridine rings is 1. The number of piperazine rings is 1. The second-order valence-corrected chi connectivity index (χ2v) is 9.57. The zero-order valence-corrected chi connectivity index (χ0v) is 20.8. The molecule has 1 fully saturated rings. The average Bonchev–Trinajstić information content (AvgIpc) is 3.30. The van der Waals surface area contributed by atoms with Gasteiger partial charge in [-0.2, -0.15) is 5.26 Å². The Morgan fingerprint density at radius 3 is 2.75 bits per heavy atom. The van der Waals surface area contributed by atoms with Gasteiger partial charge in [0.05, 0.1) is 33.6 Å². The summed E-state index contributed by atoms with van der Waals surface area (Å²) in [5.41, 5.74) is 8.87. The van der Waals surface area contributed by atoms with Gasteiger partial charge >= 0.3 is 0 Å². The number of rotatable bonds is 4. The molecule has 0 aliphatic carbocycles. The van der Waals surface area contributed by atoms with E-state index in [0.717, 1.165) is 11.3 Å². The smallest absolute Gasteiger partial charge is 0.246 e. The van der Waals surface area contributed by atoms with Crippen LogP contribution in [0.5, 0.6) is 5.75 Å². The number of hydrogen-bond donors (Lipinski definition) is 1. The molecule has 1 amide bonds. The third-order valence-corrected chi connectivity index (χ3v) is 7.42. The summed E-state index contributed by atoms with van der Waals surface area (Å²) >= 11 is 7.89. The molecule has 0 saturated carbocycles. The monoisotopic (exact) mass is 522 g/mol. The topological polar surface area (TPSA) is 108 Å². The molecule has 0 radical (unpaired) electrons. The Morgan fingerprint density at radius 2 is 2.08 bits per heavy atom. The Hall–Kier alpha value is -3.94. The summed E-state index contributed by atoms with van der Waals surface area (Å²) in [6, 6.07) is 6.89. The minimum atomic E-state index is -0.424. The molecule has 1 aliphatic heterocycles. The van der Waals surface area contributed by atoms with Crippen LogP contribution in [0.1, 0.15) is 5.56 Å². The van der Waals surface area contributed by atoms with Gasteiger partial charge in [0.15, 0.2) is 10.9 Å². The average molecular weight is 523 g/mol. The largest absolute Gasteiger partial charge is 0.494 e. The van der Waals surface area contributed by atoms with Crippen molar-refractivity contribution < 1.29 is 13.9 Å². The van der Waals surface area contributed by atoms with Crippen LogP contribution in [0.25, 0.3) is 32.2 Å². The number of hydrogen-bond acceptors (Lipinski definition) is 8. The maximum absolute atomic E-state index is 14.4. The van der Waals surface area contributed by atoms with E-state index in [-0.39, 0.29) is 11.0 Å². The van der Waals surface area contributed by atoms with Gasteiger partial charge in [-0.15, -0.1) is 0 Å². The molecule has 5 rings (SSSR count). The third kappa shape index (κ3) is 3.77. The number of amides is 1. The van der Waals surface area contributed by atoms with Crippen LogP contribution in [0.2, 0.25) is 5.02 Å². The maximum Gasteiger partial charge on any atom is 0.246 e. The first-order valence-electron chi connectivity index (χ1n) is 11.0. The van der Waals surface area contributed by atoms with Crippen LogP contribution in [0.4, 0.5) is 15.2 Å². The number of carbonyl (C=O) groups is 1. The van der Waals surface area contributed by atoms with E-state index in [1.807, 2.05) is 4.90 Å². The highest BCUT2D eigenvalue weighted by Crippen LogP contribution is 2.47. The van der Waals surface area contributed by atoms with Gasteiger partial charge in [0.1, 0.15) is 17.4 Å². The number of nitriles is 1. The van der Waals surface area contributed by atoms with E-state index in [1.54, 1.807) is 17.0 Å². The Bertz CT molecular complexity index is 1590. The molecule has 182 valence electrons. The second-order valence-electron chi connectivity index (χ2n) is 8.14. The van der Waals surface area contributed by atoms with Gasteiger partial charge in [-0.1, -0.05) is 29.5 Å². The molecule has 0 unspecified atom stereocenters. The first-order chi connectivity index (χ1) is 17.4. The molecule has 2 aromatic heterocycles. The number of carbonyl (C=O) groups excluding carboxylic acids is 1. The van der Waals surface area contributed by atoms with Crippen LogP contribution < -0.4 is 15.4 Å². The van der Waals surface area contributed by atoms with Crippen molar-refractivity contribution in [3.8, 4) is 22.9 Å². The number of benzene rings is 2. The molecule has 0 bridgehead atoms. The number of nitrogens with two attached hydrogens (primary N) is 1. The van der Waals surface area contributed by atoms with Gasteiger partial charge in [0.2, 0.25) is 5.91 Å². The second kappa shape index (κ2) is 9.26. The van der Waals surface area contributed by atoms with Crippen molar-refractivity contribution in [1.29, 1.82) is 5.26 Å². The van der Waals surface area contributed by atoms with Crippen LogP contribution in [-0.4, -0.2) is 54.1 Å². The molecule has 1 aliphatic rings. The van der Waals surface area contributed by atoms with E-state index >= 15 is 0 Å². The fraction of sp³-hybridized carbons (Fsp3) is 0.200. The van der Waals surface area contributed by atoms with Crippen LogP contribution in [0, 0.1) is 17.1 Å². The Kier molecular flexibility index (Phi) is 6.12. The fourth-order valence-electron chi connectivity index (χ4n) is 4.61. The predicted molar refractivity (Wildman–Crippen MR) is 140 cm³/mol. The standard InChI is InChI=1S/C25H20ClFN6O2S/c1-3-18(34)32-6-8-33(9-7-32)22-13(11-28)12-30-20-15(22)10-16(26)19(23(20)35-2)14-4-5-17(27)24-21(14)31-25(29)36-24/h3-5,10,12H,1,6-9H2,2H3,(H2,29,31). The normalized spacial score (nSPS) is 13.7. The van der Waals surface area contributed by atoms with Gasteiger partial charge in [-0.25, -0.2) is 9.37 Å². The SMILES string of the molecule is C=CC(=O)N1CCN(c2c(C#N)cnc3c(OC)c(-c4ccc(F)c5sc(N)nc45)c(Cl)cc23)CC1. The minimum absolute atomic E-state index is 0.127. The summed E-state index contributed by atoms with van der Waals surface area (Å²) in [6.45, 7) is 5.57. The highest BCUT2D eigenvalue weighted by Gasteiger charge is 2.27. The molecule has 4 aromatic rings. The van der Waals surface area contributed by atoms with Crippen LogP contribution in [0.3, 0.4) is 0 Å². The first kappa shape index (κ1) is 23.8. The van der Waals surface area contributed by atoms with Crippen molar-refractivity contribution in [2.24, 2.45) is 0 Å². The van der Waals surface area contributed by atoms with E-state index < -0.39 is 5.82 Å². The third-order valence-electron chi connectivity index (χ3n) is 6.23. The Morgan fingerprint density at radius 1 is 1.33 bits per heavy atom. The molecule has 0 atom stereocenters. The van der Waals surface area contributed by atoms with Gasteiger partial charge < -0.3 is 20.3 Å². The molecule has 2 N–H and O–H groups in total. The molecule has 3 heterocycles. The lowest BCUT2D eigenvalue weighted by Gasteiger charge is -2.36. The van der Waals surface area contributed by atoms with Crippen molar-refractivity contribution in [2.45, 2.75) is 0 Å². The summed E-state index contributed by atoms with van der Waals surface area (Å²) < 4.78 is 20.6. The number of anilines is 2. The Labute approximate surface area is 215 Å². The number of methoxy groups -OCH3 is 1. The lowest BCUT2D eigenvalue weighted by atomic mass is 9.98. The van der Waals surface area contributed by atoms with Crippen LogP contribution in [-0.2, 0) is 4.79 Å². The van der Waals surface area contributed by atoms with Crippen molar-refractivity contribution in [3.05, 3.63) is 53.5 Å². The number of fused-ring (bicyclic) bond motifs is 2. The van der Waals surface area contributed by atoms with Crippen LogP contribution >= 0.6 is 22.9 Å². The molecule has 1 saturated heterocycles. The summed E-state index contributed by atoms with van der Waals surface area (Å²) in [4.78, 5) is 24.6. The predicted octanol–water partition coefficient (Wildman–Crippen LogP) is 4.60. The highest BCUT2D eigenvalue weighted by molar-refractivity contribution is 7.22. The van der Waals surface area contributed by atoms with Crippen molar-refractivity contribution in [2.75, 3.05) is 43.9 Å². The number of halogens is 2. The molecule has 36 heavy (non-hydrogen) atoms. The van der Waals surface area contributed by atoms with Gasteiger partial charge in [0, 0.05) is 48.9 Å². The maximum atomic E-state index is 14.4. The Balaban J connectivity index is 1.71. The summed E-state index contributed by atoms with van der Waals surface area (Å²) in [5, 5.41) is 11.1. The number of thiazole rings is 1. The molecule has 2 aromatic carbocycles. The van der Waals surface area contributed by atoms with E-state index in [0.29, 0.717) is 80.4 Å². The number of nitrogen functional groups attached to an aromatic ring is 1. The van der Waals surface area contributed by atoms with Crippen molar-refractivity contribution >= 4 is 60.8 Å². The lowest BCUT2D eigenvalue weighted by molar-refractivity contribution is -0.126. The van der Waals surface area contributed by atoms with E-state index in [9.17, 15) is 14.4 Å². The molecule has 11 heteroatoms. The summed E-state index contributed by atoms with van der Waals surface area (Å²) in [6.07, 6.45) is 2.80. The molecule has 0 spiro atoms. The van der Waals surface area contributed by atoms with E-state index in [4.69, 9.17) is 22.1 Å². The van der Waals surface area contributed by atoms with Gasteiger partial charge in [0.25, 0.3) is 0 Å². The van der Waals surface area contributed by atoms with E-state index in [1.165, 1.54) is 25.4 Å². The zero-order valence-electron chi connectivity index (χ0n) is 19.2. The van der Waals surface area contributed by atoms with Gasteiger partial charge in [-0.3, -0.25) is 9.78 Å². The molecular formula is C25H20ClFN6O2S. The number of nitrogens with zero attached hydrogens (tertiary/aromatic N) is 5. The quantitative estimate of drug-likeness (QED) is 0.390. The summed E-state index contributed by atoms with van der Waals surface area (Å²) in [7, 11) is 1.50. The summed E-state index contributed by atoms with van der Waals surface area (Å²) in [5.74, 6) is -0.174. The highest BCUT2D eigenvalue weighted by atomic mass is 35.5. The number of aromatic nitrogens is 2. The van der Waals surface area contributed by atoms with Gasteiger partial charge in [-0.05, 0) is 24.3 Å².